The van der Waals surface area contributed by atoms with Gasteiger partial charge in [0, 0.05) is 13.1 Å². The van der Waals surface area contributed by atoms with Crippen LogP contribution in [-0.4, -0.2) is 51.2 Å². The standard InChI is InChI=1S/C10H16F3NO4S2/c1-9-3-5-14(6-4-9)20(17,18)8-2-7-19(15,16)10(11,12)13/h3H,2,4-8H2,1H3. The molecule has 0 aromatic rings. The van der Waals surface area contributed by atoms with Crippen molar-refractivity contribution in [3.05, 3.63) is 11.6 Å². The molecule has 5 nitrogen and oxygen atoms in total. The zero-order valence-electron chi connectivity index (χ0n) is 10.9. The molecule has 0 spiro atoms. The number of nitrogens with zero attached hydrogens (tertiary/aromatic N) is 1. The van der Waals surface area contributed by atoms with Gasteiger partial charge in [-0.25, -0.2) is 16.8 Å². The number of sulfonamides is 1. The molecule has 0 aromatic heterocycles. The number of hydrogen-bond donors (Lipinski definition) is 0. The Morgan fingerprint density at radius 2 is 1.80 bits per heavy atom. The van der Waals surface area contributed by atoms with Crippen LogP contribution in [0.25, 0.3) is 0 Å². The Hall–Kier alpha value is -0.610. The minimum atomic E-state index is -5.33. The molecular weight excluding hydrogens is 319 g/mol. The normalized spacial score (nSPS) is 18.9. The van der Waals surface area contributed by atoms with Crippen molar-refractivity contribution >= 4 is 19.9 Å². The summed E-state index contributed by atoms with van der Waals surface area (Å²) in [6.45, 7) is 2.32. The average molecular weight is 335 g/mol. The highest BCUT2D eigenvalue weighted by molar-refractivity contribution is 7.92. The van der Waals surface area contributed by atoms with Crippen LogP contribution in [0.3, 0.4) is 0 Å². The molecule has 0 radical (unpaired) electrons. The summed E-state index contributed by atoms with van der Waals surface area (Å²) in [4.78, 5) is 0. The van der Waals surface area contributed by atoms with Gasteiger partial charge in [-0.3, -0.25) is 0 Å². The summed E-state index contributed by atoms with van der Waals surface area (Å²) in [5, 5.41) is 0. The topological polar surface area (TPSA) is 71.5 Å². The Bertz CT molecular complexity index is 578. The van der Waals surface area contributed by atoms with Gasteiger partial charge >= 0.3 is 5.51 Å². The van der Waals surface area contributed by atoms with Crippen molar-refractivity contribution < 1.29 is 30.0 Å². The van der Waals surface area contributed by atoms with E-state index in [1.54, 1.807) is 6.08 Å². The van der Waals surface area contributed by atoms with Crippen LogP contribution in [0.5, 0.6) is 0 Å². The highest BCUT2D eigenvalue weighted by Gasteiger charge is 2.45. The zero-order chi connectivity index (χ0) is 15.6. The molecule has 0 aliphatic carbocycles. The van der Waals surface area contributed by atoms with E-state index < -0.39 is 43.3 Å². The maximum atomic E-state index is 12.1. The van der Waals surface area contributed by atoms with E-state index in [2.05, 4.69) is 0 Å². The molecule has 118 valence electrons. The van der Waals surface area contributed by atoms with Crippen LogP contribution in [0, 0.1) is 0 Å². The molecule has 0 amide bonds. The van der Waals surface area contributed by atoms with E-state index in [0.29, 0.717) is 6.42 Å². The number of halogens is 3. The van der Waals surface area contributed by atoms with E-state index in [-0.39, 0.29) is 13.1 Å². The van der Waals surface area contributed by atoms with Gasteiger partial charge in [-0.1, -0.05) is 11.6 Å². The number of hydrogen-bond acceptors (Lipinski definition) is 4. The van der Waals surface area contributed by atoms with Gasteiger partial charge in [-0.15, -0.1) is 0 Å². The number of alkyl halides is 3. The Kier molecular flexibility index (Phi) is 5.25. The van der Waals surface area contributed by atoms with Gasteiger partial charge in [0.2, 0.25) is 19.9 Å². The highest BCUT2D eigenvalue weighted by Crippen LogP contribution is 2.24. The van der Waals surface area contributed by atoms with E-state index >= 15 is 0 Å². The van der Waals surface area contributed by atoms with Gasteiger partial charge in [-0.05, 0) is 19.8 Å². The second kappa shape index (κ2) is 6.02. The first-order chi connectivity index (χ1) is 8.96. The minimum Gasteiger partial charge on any atom is -0.220 e. The van der Waals surface area contributed by atoms with Crippen LogP contribution in [0.15, 0.2) is 11.6 Å². The predicted molar refractivity (Wildman–Crippen MR) is 68.2 cm³/mol. The molecule has 10 heteroatoms. The molecule has 1 heterocycles. The lowest BCUT2D eigenvalue weighted by Crippen LogP contribution is -2.37. The monoisotopic (exact) mass is 335 g/mol. The summed E-state index contributed by atoms with van der Waals surface area (Å²) in [7, 11) is -8.97. The summed E-state index contributed by atoms with van der Waals surface area (Å²) < 4.78 is 82.8. The lowest BCUT2D eigenvalue weighted by molar-refractivity contribution is -0.0435. The Morgan fingerprint density at radius 1 is 1.20 bits per heavy atom. The third-order valence-electron chi connectivity index (χ3n) is 2.96. The van der Waals surface area contributed by atoms with E-state index in [0.717, 1.165) is 9.88 Å². The lowest BCUT2D eigenvalue weighted by atomic mass is 10.1. The molecule has 1 rings (SSSR count). The summed E-state index contributed by atoms with van der Waals surface area (Å²) in [6, 6.07) is 0. The largest absolute Gasteiger partial charge is 0.497 e. The van der Waals surface area contributed by atoms with Gasteiger partial charge in [-0.2, -0.15) is 17.5 Å². The van der Waals surface area contributed by atoms with Gasteiger partial charge < -0.3 is 0 Å². The van der Waals surface area contributed by atoms with Crippen molar-refractivity contribution in [2.45, 2.75) is 25.3 Å². The molecule has 0 aromatic carbocycles. The third kappa shape index (κ3) is 4.45. The zero-order valence-corrected chi connectivity index (χ0v) is 12.5. The Labute approximate surface area is 116 Å². The first kappa shape index (κ1) is 17.4. The second-order valence-corrected chi connectivity index (χ2v) is 8.78. The van der Waals surface area contributed by atoms with Crippen molar-refractivity contribution in [3.63, 3.8) is 0 Å². The molecule has 1 aliphatic rings. The van der Waals surface area contributed by atoms with Gasteiger partial charge in [0.05, 0.1) is 11.5 Å². The van der Waals surface area contributed by atoms with Crippen LogP contribution in [0.4, 0.5) is 13.2 Å². The van der Waals surface area contributed by atoms with Gasteiger partial charge in [0.1, 0.15) is 0 Å². The summed E-state index contributed by atoms with van der Waals surface area (Å²) in [5.41, 5.74) is -4.28. The highest BCUT2D eigenvalue weighted by atomic mass is 32.2. The SMILES string of the molecule is CC1=CCN(S(=O)(=O)CCCS(=O)(=O)C(F)(F)F)CC1. The molecule has 0 fully saturated rings. The predicted octanol–water partition coefficient (Wildman–Crippen LogP) is 1.29. The van der Waals surface area contributed by atoms with Crippen molar-refractivity contribution in [2.75, 3.05) is 24.6 Å². The Balaban J connectivity index is 2.58. The smallest absolute Gasteiger partial charge is 0.220 e. The fourth-order valence-corrected chi connectivity index (χ4v) is 4.06. The van der Waals surface area contributed by atoms with E-state index in [9.17, 15) is 30.0 Å². The van der Waals surface area contributed by atoms with E-state index in [1.165, 1.54) is 0 Å². The molecule has 1 aliphatic heterocycles. The second-order valence-electron chi connectivity index (χ2n) is 4.59. The molecular formula is C10H16F3NO4S2. The maximum absolute atomic E-state index is 12.1. The molecule has 20 heavy (non-hydrogen) atoms. The fraction of sp³-hybridized carbons (Fsp3) is 0.800. The van der Waals surface area contributed by atoms with Crippen LogP contribution < -0.4 is 0 Å². The van der Waals surface area contributed by atoms with E-state index in [1.807, 2.05) is 6.92 Å². The van der Waals surface area contributed by atoms with Crippen molar-refractivity contribution in [3.8, 4) is 0 Å². The van der Waals surface area contributed by atoms with Gasteiger partial charge in [0.25, 0.3) is 0 Å². The average Bonchev–Trinajstić information content (AvgIpc) is 2.27. The third-order valence-corrected chi connectivity index (χ3v) is 6.41. The molecule has 0 N–H and O–H groups in total. The number of rotatable bonds is 5. The van der Waals surface area contributed by atoms with Crippen LogP contribution in [0.2, 0.25) is 0 Å². The molecule has 0 saturated carbocycles. The first-order valence-electron chi connectivity index (χ1n) is 5.88. The minimum absolute atomic E-state index is 0.181. The molecule has 0 unspecified atom stereocenters. The quantitative estimate of drug-likeness (QED) is 0.710. The summed E-state index contributed by atoms with van der Waals surface area (Å²) in [5.74, 6) is -1.81. The summed E-state index contributed by atoms with van der Waals surface area (Å²) in [6.07, 6.45) is 1.73. The van der Waals surface area contributed by atoms with Crippen LogP contribution in [-0.2, 0) is 19.9 Å². The van der Waals surface area contributed by atoms with Crippen LogP contribution >= 0.6 is 0 Å². The fourth-order valence-electron chi connectivity index (χ4n) is 1.68. The summed E-state index contributed by atoms with van der Waals surface area (Å²) >= 11 is 0. The first-order valence-corrected chi connectivity index (χ1v) is 9.14. The Morgan fingerprint density at radius 3 is 2.25 bits per heavy atom. The van der Waals surface area contributed by atoms with E-state index in [4.69, 9.17) is 0 Å². The molecule has 0 bridgehead atoms. The van der Waals surface area contributed by atoms with Crippen molar-refractivity contribution in [2.24, 2.45) is 0 Å². The van der Waals surface area contributed by atoms with Gasteiger partial charge in [0.15, 0.2) is 0 Å². The lowest BCUT2D eigenvalue weighted by Gasteiger charge is -2.24. The maximum Gasteiger partial charge on any atom is 0.497 e. The van der Waals surface area contributed by atoms with Crippen LogP contribution in [0.1, 0.15) is 19.8 Å². The number of sulfone groups is 1. The van der Waals surface area contributed by atoms with Crippen molar-refractivity contribution in [1.82, 2.24) is 4.31 Å². The molecule has 0 saturated heterocycles. The molecule has 0 atom stereocenters. The van der Waals surface area contributed by atoms with Crippen molar-refractivity contribution in [1.29, 1.82) is 0 Å².